The van der Waals surface area contributed by atoms with Gasteiger partial charge in [-0.25, -0.2) is 30.7 Å². The van der Waals surface area contributed by atoms with Crippen LogP contribution in [0.1, 0.15) is 44.1 Å². The molecule has 2 saturated carbocycles. The summed E-state index contributed by atoms with van der Waals surface area (Å²) in [5, 5.41) is 0. The quantitative estimate of drug-likeness (QED) is 0.445. The van der Waals surface area contributed by atoms with Crippen molar-refractivity contribution in [3.63, 3.8) is 0 Å². The average molecular weight is 382 g/mol. The molecule has 0 aromatic heterocycles. The second-order valence-electron chi connectivity index (χ2n) is 7.49. The highest BCUT2D eigenvalue weighted by Gasteiger charge is 2.58. The Hall–Kier alpha value is -1.27. The maximum Gasteiger partial charge on any atom is 0.194 e. The number of halogens is 7. The molecule has 0 radical (unpaired) electrons. The molecule has 1 aromatic carbocycles. The first-order valence-corrected chi connectivity index (χ1v) is 8.96. The molecule has 0 bridgehead atoms. The monoisotopic (exact) mass is 382 g/mol. The summed E-state index contributed by atoms with van der Waals surface area (Å²) in [4.78, 5) is 0. The Balaban J connectivity index is 1.89. The van der Waals surface area contributed by atoms with Crippen LogP contribution < -0.4 is 0 Å². The van der Waals surface area contributed by atoms with E-state index in [0.29, 0.717) is 18.6 Å². The molecule has 26 heavy (non-hydrogen) atoms. The van der Waals surface area contributed by atoms with Gasteiger partial charge in [0.2, 0.25) is 0 Å². The van der Waals surface area contributed by atoms with Crippen LogP contribution in [0.2, 0.25) is 0 Å². The van der Waals surface area contributed by atoms with Crippen molar-refractivity contribution in [3.8, 4) is 0 Å². The summed E-state index contributed by atoms with van der Waals surface area (Å²) in [7, 11) is 0. The van der Waals surface area contributed by atoms with Gasteiger partial charge < -0.3 is 0 Å². The van der Waals surface area contributed by atoms with Gasteiger partial charge in [0.15, 0.2) is 17.5 Å². The molecule has 146 valence electrons. The second kappa shape index (κ2) is 7.39. The largest absolute Gasteiger partial charge is 0.247 e. The van der Waals surface area contributed by atoms with E-state index in [0.717, 1.165) is 0 Å². The minimum atomic E-state index is -1.84. The van der Waals surface area contributed by atoms with Gasteiger partial charge in [-0.05, 0) is 42.9 Å². The molecule has 0 amide bonds. The van der Waals surface area contributed by atoms with Crippen molar-refractivity contribution in [3.05, 3.63) is 35.1 Å². The van der Waals surface area contributed by atoms with Gasteiger partial charge in [0.25, 0.3) is 0 Å². The van der Waals surface area contributed by atoms with Crippen LogP contribution in [0.5, 0.6) is 0 Å². The van der Waals surface area contributed by atoms with Crippen molar-refractivity contribution in [2.24, 2.45) is 17.8 Å². The lowest BCUT2D eigenvalue weighted by molar-refractivity contribution is 0.0699. The summed E-state index contributed by atoms with van der Waals surface area (Å²) < 4.78 is 98.9. The zero-order chi connectivity index (χ0) is 19.2. The van der Waals surface area contributed by atoms with Crippen molar-refractivity contribution in [1.29, 1.82) is 0 Å². The van der Waals surface area contributed by atoms with Crippen LogP contribution in [-0.2, 0) is 0 Å². The number of benzene rings is 1. The van der Waals surface area contributed by atoms with E-state index in [1.807, 2.05) is 0 Å². The number of hydrogen-bond donors (Lipinski definition) is 0. The van der Waals surface area contributed by atoms with Crippen LogP contribution in [0, 0.1) is 35.2 Å². The summed E-state index contributed by atoms with van der Waals surface area (Å²) in [6.45, 7) is 1.75. The van der Waals surface area contributed by atoms with Gasteiger partial charge in [-0.3, -0.25) is 0 Å². The minimum absolute atomic E-state index is 0.0948. The molecule has 0 nitrogen and oxygen atoms in total. The van der Waals surface area contributed by atoms with Crippen LogP contribution in [0.4, 0.5) is 30.7 Å². The fraction of sp³-hybridized carbons (Fsp3) is 0.684. The Morgan fingerprint density at radius 1 is 0.846 bits per heavy atom. The molecule has 0 spiro atoms. The van der Waals surface area contributed by atoms with Gasteiger partial charge in [-0.2, -0.15) is 0 Å². The molecule has 0 heterocycles. The molecule has 6 unspecified atom stereocenters. The molecule has 0 N–H and O–H groups in total. The van der Waals surface area contributed by atoms with Crippen molar-refractivity contribution in [2.45, 2.75) is 63.2 Å². The normalized spacial score (nSPS) is 40.3. The van der Waals surface area contributed by atoms with Crippen LogP contribution in [0.25, 0.3) is 0 Å². The number of fused-ring (bicyclic) bond motifs is 1. The smallest absolute Gasteiger partial charge is 0.194 e. The van der Waals surface area contributed by atoms with Crippen molar-refractivity contribution >= 4 is 0 Å². The predicted molar refractivity (Wildman–Crippen MR) is 83.3 cm³/mol. The molecule has 7 heteroatoms. The van der Waals surface area contributed by atoms with Crippen molar-refractivity contribution in [2.75, 3.05) is 0 Å². The Morgan fingerprint density at radius 3 is 1.73 bits per heavy atom. The molecule has 6 atom stereocenters. The fourth-order valence-corrected chi connectivity index (χ4v) is 4.74. The first-order valence-electron chi connectivity index (χ1n) is 8.96. The lowest BCUT2D eigenvalue weighted by Gasteiger charge is -2.23. The standard InChI is InChI=1S/C19H21F7/c1-2-3-10-17(24)15-11(20)4-8(5-12(21)16(15)18(10)25)9-6-13(22)19(26)14(23)7-9/h6-8,10-12,15-18H,2-5H2,1H3. The molecule has 2 fully saturated rings. The summed E-state index contributed by atoms with van der Waals surface area (Å²) in [5.74, 6) is -9.38. The highest BCUT2D eigenvalue weighted by Crippen LogP contribution is 2.53. The average Bonchev–Trinajstić information content (AvgIpc) is 2.74. The summed E-state index contributed by atoms with van der Waals surface area (Å²) in [6, 6.07) is 1.40. The highest BCUT2D eigenvalue weighted by atomic mass is 19.2. The zero-order valence-corrected chi connectivity index (χ0v) is 14.2. The molecular formula is C19H21F7. The van der Waals surface area contributed by atoms with E-state index >= 15 is 0 Å². The van der Waals surface area contributed by atoms with Crippen molar-refractivity contribution < 1.29 is 30.7 Å². The summed E-state index contributed by atoms with van der Waals surface area (Å²) in [6.07, 6.45) is -7.28. The molecule has 1 aromatic rings. The van der Waals surface area contributed by atoms with Crippen LogP contribution in [0.3, 0.4) is 0 Å². The Kier molecular flexibility index (Phi) is 5.54. The fourth-order valence-electron chi connectivity index (χ4n) is 4.74. The summed E-state index contributed by atoms with van der Waals surface area (Å²) >= 11 is 0. The van der Waals surface area contributed by atoms with Crippen LogP contribution in [-0.4, -0.2) is 24.7 Å². The molecule has 0 aliphatic heterocycles. The van der Waals surface area contributed by atoms with Gasteiger partial charge in [-0.1, -0.05) is 13.3 Å². The predicted octanol–water partition coefficient (Wildman–Crippen LogP) is 6.00. The molecular weight excluding hydrogens is 361 g/mol. The van der Waals surface area contributed by atoms with Gasteiger partial charge in [0, 0.05) is 17.8 Å². The summed E-state index contributed by atoms with van der Waals surface area (Å²) in [5.41, 5.74) is -0.0948. The van der Waals surface area contributed by atoms with E-state index < -0.39 is 65.8 Å². The highest BCUT2D eigenvalue weighted by molar-refractivity contribution is 5.24. The van der Waals surface area contributed by atoms with E-state index in [-0.39, 0.29) is 24.8 Å². The van der Waals surface area contributed by atoms with Gasteiger partial charge in [0.1, 0.15) is 24.7 Å². The number of alkyl halides is 4. The van der Waals surface area contributed by atoms with Crippen LogP contribution >= 0.6 is 0 Å². The second-order valence-corrected chi connectivity index (χ2v) is 7.49. The van der Waals surface area contributed by atoms with E-state index in [9.17, 15) is 30.7 Å². The SMILES string of the molecule is CCCC1C(F)C2C(F)CC(c3cc(F)c(F)c(F)c3)CC(F)C2C1F. The minimum Gasteiger partial charge on any atom is -0.247 e. The van der Waals surface area contributed by atoms with E-state index in [1.165, 1.54) is 0 Å². The zero-order valence-electron chi connectivity index (χ0n) is 14.2. The molecule has 2 aliphatic carbocycles. The maximum atomic E-state index is 14.8. The maximum absolute atomic E-state index is 14.8. The van der Waals surface area contributed by atoms with Gasteiger partial charge in [-0.15, -0.1) is 0 Å². The van der Waals surface area contributed by atoms with E-state index in [4.69, 9.17) is 0 Å². The Bertz CT molecular complexity index is 602. The van der Waals surface area contributed by atoms with Gasteiger partial charge in [0.05, 0.1) is 0 Å². The molecule has 0 saturated heterocycles. The van der Waals surface area contributed by atoms with Crippen molar-refractivity contribution in [1.82, 2.24) is 0 Å². The number of hydrogen-bond acceptors (Lipinski definition) is 0. The third kappa shape index (κ3) is 3.22. The topological polar surface area (TPSA) is 0 Å². The Morgan fingerprint density at radius 2 is 1.31 bits per heavy atom. The third-order valence-corrected chi connectivity index (χ3v) is 5.95. The molecule has 3 rings (SSSR count). The first-order chi connectivity index (χ1) is 12.3. The lowest BCUT2D eigenvalue weighted by Crippen LogP contribution is -2.32. The van der Waals surface area contributed by atoms with E-state index in [1.54, 1.807) is 6.92 Å². The Labute approximate surface area is 147 Å². The lowest BCUT2D eigenvalue weighted by atomic mass is 9.87. The van der Waals surface area contributed by atoms with Gasteiger partial charge >= 0.3 is 0 Å². The van der Waals surface area contributed by atoms with E-state index in [2.05, 4.69) is 0 Å². The number of rotatable bonds is 3. The molecule has 2 aliphatic rings. The first kappa shape index (κ1) is 19.5. The van der Waals surface area contributed by atoms with Crippen LogP contribution in [0.15, 0.2) is 12.1 Å². The third-order valence-electron chi connectivity index (χ3n) is 5.95.